The molecule has 9 N–H and O–H groups in total. The third kappa shape index (κ3) is 22.1. The summed E-state index contributed by atoms with van der Waals surface area (Å²) < 4.78 is 96.9. The van der Waals surface area contributed by atoms with Gasteiger partial charge in [-0.05, 0) is 43.5 Å². The van der Waals surface area contributed by atoms with Crippen LogP contribution in [-0.4, -0.2) is 153 Å². The summed E-state index contributed by atoms with van der Waals surface area (Å²) in [5, 5.41) is 52.6. The number of nitrogens with one attached hydrogen (secondary N) is 2. The van der Waals surface area contributed by atoms with Crippen LogP contribution in [0, 0.1) is 29.1 Å². The zero-order valence-electron chi connectivity index (χ0n) is 32.9. The van der Waals surface area contributed by atoms with Crippen molar-refractivity contribution in [3.8, 4) is 11.5 Å². The Morgan fingerprint density at radius 2 is 1.39 bits per heavy atom. The predicted molar refractivity (Wildman–Crippen MR) is 201 cm³/mol. The predicted octanol–water partition coefficient (Wildman–Crippen LogP) is 2.34. The molecule has 344 valence electrons. The van der Waals surface area contributed by atoms with E-state index >= 15 is 0 Å². The zero-order chi connectivity index (χ0) is 45.0. The van der Waals surface area contributed by atoms with E-state index in [9.17, 15) is 41.8 Å². The van der Waals surface area contributed by atoms with Crippen molar-refractivity contribution in [3.63, 3.8) is 0 Å². The van der Waals surface area contributed by atoms with Crippen molar-refractivity contribution >= 4 is 29.6 Å². The third-order valence-corrected chi connectivity index (χ3v) is 7.82. The highest BCUT2D eigenvalue weighted by Gasteiger charge is 2.29. The van der Waals surface area contributed by atoms with Crippen molar-refractivity contribution in [1.29, 1.82) is 0 Å². The second kappa shape index (κ2) is 30.4. The molecule has 0 aliphatic carbocycles. The molecule has 0 aromatic heterocycles. The van der Waals surface area contributed by atoms with Crippen LogP contribution >= 0.6 is 0 Å². The maximum atomic E-state index is 13.5. The molecule has 3 rings (SSSR count). The number of aliphatic hydroxyl groups is 2. The van der Waals surface area contributed by atoms with Gasteiger partial charge in [-0.15, -0.1) is 0 Å². The standard InChI is InChI=1S/C30H38F5N5O8.C6H13NO6/c31-24-25(32)27(34)29(28(35)26(24)33)48-23(42)8-11-44-13-15-46-17-18-47-16-14-45-12-10-37-19-21(40-36)3-1-2-9-38-30(43)39-20-4-6-22(41)7-5-20;8-5-1-4(2-13-7(10)11)12-3-6(5)9/h4-7,19,41H,1-3,8-18,36H2,(H2,38,39,43);4-6,8-11H,1-3H2/b37-19?,40-21-;. The minimum Gasteiger partial charge on any atom is -0.508 e. The first kappa shape index (κ1) is 52.5. The number of carbonyl (C=O) groups is 2. The number of ether oxygens (including phenoxy) is 6. The van der Waals surface area contributed by atoms with E-state index in [1.807, 2.05) is 0 Å². The van der Waals surface area contributed by atoms with Crippen molar-refractivity contribution in [2.24, 2.45) is 15.9 Å². The molecular formula is C36H51F5N6O14. The van der Waals surface area contributed by atoms with E-state index in [4.69, 9.17) is 45.0 Å². The second-order valence-electron chi connectivity index (χ2n) is 12.5. The van der Waals surface area contributed by atoms with E-state index in [-0.39, 0.29) is 64.4 Å². The van der Waals surface area contributed by atoms with Crippen LogP contribution in [0.5, 0.6) is 11.5 Å². The number of rotatable bonds is 26. The Kier molecular flexibility index (Phi) is 26.1. The van der Waals surface area contributed by atoms with Crippen LogP contribution in [0.2, 0.25) is 0 Å². The number of amides is 2. The summed E-state index contributed by atoms with van der Waals surface area (Å²) in [6.07, 6.45) is 1.15. The summed E-state index contributed by atoms with van der Waals surface area (Å²) in [4.78, 5) is 32.0. The molecule has 20 nitrogen and oxygen atoms in total. The van der Waals surface area contributed by atoms with E-state index in [1.54, 1.807) is 18.3 Å². The minimum absolute atomic E-state index is 0.0199. The number of phenolic OH excluding ortho intramolecular Hbond substituents is 1. The van der Waals surface area contributed by atoms with Gasteiger partial charge in [0.1, 0.15) is 11.9 Å². The van der Waals surface area contributed by atoms with Gasteiger partial charge in [0, 0.05) is 24.9 Å². The molecule has 0 spiro atoms. The molecule has 25 heteroatoms. The molecule has 3 atom stereocenters. The van der Waals surface area contributed by atoms with Gasteiger partial charge in [0.15, 0.2) is 0 Å². The monoisotopic (exact) mass is 886 g/mol. The molecule has 1 fully saturated rings. The summed E-state index contributed by atoms with van der Waals surface area (Å²) in [5.41, 5.74) is 1.18. The Morgan fingerprint density at radius 3 is 1.97 bits per heavy atom. The fourth-order valence-corrected chi connectivity index (χ4v) is 4.67. The zero-order valence-corrected chi connectivity index (χ0v) is 32.9. The molecule has 0 saturated carbocycles. The molecule has 1 saturated heterocycles. The molecule has 2 amide bonds. The van der Waals surface area contributed by atoms with Gasteiger partial charge in [-0.3, -0.25) is 20.2 Å². The van der Waals surface area contributed by atoms with Crippen molar-refractivity contribution in [1.82, 2.24) is 10.7 Å². The number of hydrazone groups is 1. The number of unbranched alkanes of at least 4 members (excludes halogenated alkanes) is 1. The van der Waals surface area contributed by atoms with Crippen LogP contribution in [0.25, 0.3) is 0 Å². The average Bonchev–Trinajstić information content (AvgIpc) is 3.24. The van der Waals surface area contributed by atoms with Gasteiger partial charge < -0.3 is 60.2 Å². The van der Waals surface area contributed by atoms with Crippen LogP contribution in [0.4, 0.5) is 32.4 Å². The normalized spacial score (nSPS) is 16.7. The molecule has 0 bridgehead atoms. The fourth-order valence-electron chi connectivity index (χ4n) is 4.67. The molecule has 3 unspecified atom stereocenters. The molecular weight excluding hydrogens is 835 g/mol. The number of halogens is 5. The fraction of sp³-hybridized carbons (Fsp3) is 0.556. The maximum absolute atomic E-state index is 13.5. The first-order chi connectivity index (χ1) is 29.2. The van der Waals surface area contributed by atoms with E-state index in [1.165, 1.54) is 12.1 Å². The Balaban J connectivity index is 0.000000835. The Bertz CT molecular complexity index is 1620. The van der Waals surface area contributed by atoms with Gasteiger partial charge >= 0.3 is 12.0 Å². The number of carbonyl (C=O) groups excluding carboxylic acids is 2. The Hall–Kier alpha value is -4.67. The van der Waals surface area contributed by atoms with Crippen LogP contribution in [-0.2, 0) is 33.3 Å². The van der Waals surface area contributed by atoms with Gasteiger partial charge in [0.25, 0.3) is 0 Å². The Labute approximate surface area is 346 Å². The maximum Gasteiger partial charge on any atom is 0.319 e. The number of benzene rings is 2. The Morgan fingerprint density at radius 1 is 0.820 bits per heavy atom. The topological polar surface area (TPSA) is 278 Å². The number of hydrogen-bond acceptors (Lipinski definition) is 18. The van der Waals surface area contributed by atoms with Crippen molar-refractivity contribution in [3.05, 3.63) is 53.4 Å². The lowest BCUT2D eigenvalue weighted by Gasteiger charge is -2.30. The number of hydrogen-bond donors (Lipinski definition) is 8. The van der Waals surface area contributed by atoms with Crippen molar-refractivity contribution in [2.45, 2.75) is 50.4 Å². The van der Waals surface area contributed by atoms with Gasteiger partial charge in [0.05, 0.1) is 102 Å². The third-order valence-electron chi connectivity index (χ3n) is 7.82. The number of esters is 1. The number of phenols is 1. The molecule has 61 heavy (non-hydrogen) atoms. The van der Waals surface area contributed by atoms with Crippen LogP contribution in [0.1, 0.15) is 32.1 Å². The van der Waals surface area contributed by atoms with E-state index < -0.39 is 70.9 Å². The number of nitrogens with two attached hydrogens (primary N) is 1. The van der Waals surface area contributed by atoms with Gasteiger partial charge in [-0.1, -0.05) is 0 Å². The number of aliphatic hydroxyl groups excluding tert-OH is 2. The largest absolute Gasteiger partial charge is 0.508 e. The number of aromatic hydroxyl groups is 1. The highest BCUT2D eigenvalue weighted by Crippen LogP contribution is 2.29. The highest BCUT2D eigenvalue weighted by molar-refractivity contribution is 6.30. The summed E-state index contributed by atoms with van der Waals surface area (Å²) in [7, 11) is 0. The highest BCUT2D eigenvalue weighted by atomic mass is 19.2. The van der Waals surface area contributed by atoms with Gasteiger partial charge in [-0.25, -0.2) is 22.8 Å². The summed E-state index contributed by atoms with van der Waals surface area (Å²) in [5.74, 6) is -8.67. The quantitative estimate of drug-likeness (QED) is 0.00643. The van der Waals surface area contributed by atoms with E-state index in [2.05, 4.69) is 30.3 Å². The lowest BCUT2D eigenvalue weighted by atomic mass is 10.0. The lowest BCUT2D eigenvalue weighted by Crippen LogP contribution is -2.43. The van der Waals surface area contributed by atoms with E-state index in [0.717, 1.165) is 6.42 Å². The number of nitrogens with zero attached hydrogens (tertiary/aromatic N) is 3. The molecule has 2 aromatic carbocycles. The summed E-state index contributed by atoms with van der Waals surface area (Å²) in [6.45, 7) is 2.33. The molecule has 0 radical (unpaired) electrons. The first-order valence-electron chi connectivity index (χ1n) is 18.6. The SMILES string of the molecule is N/N=C(\C=NCCOCCOCCOCCOCCC(=O)Oc1c(F)c(F)c(F)c(F)c1F)CCCCNC(=O)Nc1ccc(O)cc1.OC1COC(CON(O)O)CC1O. The van der Waals surface area contributed by atoms with Crippen molar-refractivity contribution < 1.29 is 90.5 Å². The van der Waals surface area contributed by atoms with Gasteiger partial charge in [-0.2, -0.15) is 13.9 Å². The molecule has 1 aliphatic rings. The molecule has 2 aromatic rings. The first-order valence-corrected chi connectivity index (χ1v) is 18.6. The van der Waals surface area contributed by atoms with Crippen molar-refractivity contribution in [2.75, 3.05) is 84.5 Å². The van der Waals surface area contributed by atoms with Crippen LogP contribution in [0.3, 0.4) is 0 Å². The molecule has 1 aliphatic heterocycles. The smallest absolute Gasteiger partial charge is 0.319 e. The summed E-state index contributed by atoms with van der Waals surface area (Å²) in [6, 6.07) is 5.79. The average molecular weight is 887 g/mol. The summed E-state index contributed by atoms with van der Waals surface area (Å²) >= 11 is 0. The molecule has 1 heterocycles. The van der Waals surface area contributed by atoms with Crippen LogP contribution in [0.15, 0.2) is 34.4 Å². The number of anilines is 1. The minimum atomic E-state index is -2.36. The number of urea groups is 1. The lowest BCUT2D eigenvalue weighted by molar-refractivity contribution is -0.496. The van der Waals surface area contributed by atoms with E-state index in [0.29, 0.717) is 57.2 Å². The second-order valence-corrected chi connectivity index (χ2v) is 12.5. The van der Waals surface area contributed by atoms with Crippen LogP contribution < -0.4 is 21.2 Å². The van der Waals surface area contributed by atoms with Gasteiger partial charge in [0.2, 0.25) is 34.8 Å². The number of aliphatic imine (C=N–C) groups is 1.